The molecule has 1 aromatic heterocycles. The number of aromatic nitrogens is 1. The molecule has 0 bridgehead atoms. The monoisotopic (exact) mass is 346 g/mol. The van der Waals surface area contributed by atoms with Crippen molar-refractivity contribution in [3.05, 3.63) is 52.6 Å². The Morgan fingerprint density at radius 3 is 2.62 bits per heavy atom. The first-order valence-corrected chi connectivity index (χ1v) is 7.62. The minimum Gasteiger partial charge on any atom is -0.481 e. The highest BCUT2D eigenvalue weighted by molar-refractivity contribution is 9.10. The van der Waals surface area contributed by atoms with Crippen molar-refractivity contribution in [3.63, 3.8) is 0 Å². The van der Waals surface area contributed by atoms with E-state index < -0.39 is 11.4 Å². The second-order valence-corrected chi connectivity index (χ2v) is 6.22. The Hall–Kier alpha value is -1.88. The first kappa shape index (κ1) is 14.1. The highest BCUT2D eigenvalue weighted by Gasteiger charge is 2.46. The van der Waals surface area contributed by atoms with E-state index >= 15 is 0 Å². The molecule has 21 heavy (non-hydrogen) atoms. The number of nitrogens with zero attached hydrogens (tertiary/aromatic N) is 1. The fraction of sp³-hybridized carbons (Fsp3) is 0.250. The van der Waals surface area contributed by atoms with Crippen LogP contribution in [-0.4, -0.2) is 16.1 Å². The van der Waals surface area contributed by atoms with Gasteiger partial charge in [-0.2, -0.15) is 0 Å². The van der Waals surface area contributed by atoms with Gasteiger partial charge in [0.1, 0.15) is 5.82 Å². The summed E-state index contributed by atoms with van der Waals surface area (Å²) in [7, 11) is 0. The smallest absolute Gasteiger partial charge is 0.314 e. The number of carboxylic acids is 1. The lowest BCUT2D eigenvalue weighted by molar-refractivity contribution is -0.147. The molecule has 0 radical (unpaired) electrons. The van der Waals surface area contributed by atoms with Crippen LogP contribution in [0, 0.1) is 0 Å². The average molecular weight is 347 g/mol. The summed E-state index contributed by atoms with van der Waals surface area (Å²) in [5.41, 5.74) is 1.00. The predicted molar refractivity (Wildman–Crippen MR) is 84.8 cm³/mol. The van der Waals surface area contributed by atoms with Gasteiger partial charge in [-0.1, -0.05) is 34.5 Å². The molecule has 2 N–H and O–H groups in total. The van der Waals surface area contributed by atoms with E-state index in [9.17, 15) is 9.90 Å². The molecule has 2 aromatic rings. The lowest BCUT2D eigenvalue weighted by Gasteiger charge is -2.37. The maximum Gasteiger partial charge on any atom is 0.314 e. The Morgan fingerprint density at radius 2 is 2.10 bits per heavy atom. The second kappa shape index (κ2) is 5.48. The SMILES string of the molecule is O=C(O)C1(c2ccc(Nc3cccc(Br)c3)nc2)CCC1. The van der Waals surface area contributed by atoms with Crippen LogP contribution in [0.3, 0.4) is 0 Å². The van der Waals surface area contributed by atoms with Gasteiger partial charge in [-0.25, -0.2) is 4.98 Å². The number of anilines is 2. The van der Waals surface area contributed by atoms with Gasteiger partial charge in [0, 0.05) is 16.4 Å². The van der Waals surface area contributed by atoms with E-state index in [-0.39, 0.29) is 0 Å². The van der Waals surface area contributed by atoms with E-state index in [1.54, 1.807) is 6.20 Å². The lowest BCUT2D eigenvalue weighted by atomic mass is 9.65. The van der Waals surface area contributed by atoms with Gasteiger partial charge < -0.3 is 10.4 Å². The maximum absolute atomic E-state index is 11.5. The van der Waals surface area contributed by atoms with E-state index in [0.717, 1.165) is 22.1 Å². The Bertz CT molecular complexity index is 666. The summed E-state index contributed by atoms with van der Waals surface area (Å²) in [4.78, 5) is 15.8. The molecule has 3 rings (SSSR count). The molecule has 0 amide bonds. The van der Waals surface area contributed by atoms with E-state index in [4.69, 9.17) is 0 Å². The maximum atomic E-state index is 11.5. The Morgan fingerprint density at radius 1 is 1.29 bits per heavy atom. The molecule has 0 unspecified atom stereocenters. The van der Waals surface area contributed by atoms with Crippen LogP contribution in [0.15, 0.2) is 47.1 Å². The summed E-state index contributed by atoms with van der Waals surface area (Å²) in [5, 5.41) is 12.6. The third-order valence-electron chi connectivity index (χ3n) is 4.03. The number of benzene rings is 1. The summed E-state index contributed by atoms with van der Waals surface area (Å²) in [6, 6.07) is 11.5. The van der Waals surface area contributed by atoms with Gasteiger partial charge in [0.25, 0.3) is 0 Å². The van der Waals surface area contributed by atoms with Crippen LogP contribution >= 0.6 is 15.9 Å². The van der Waals surface area contributed by atoms with Gasteiger partial charge >= 0.3 is 5.97 Å². The topological polar surface area (TPSA) is 62.2 Å². The van der Waals surface area contributed by atoms with Crippen molar-refractivity contribution in [2.45, 2.75) is 24.7 Å². The second-order valence-electron chi connectivity index (χ2n) is 5.31. The van der Waals surface area contributed by atoms with E-state index in [0.29, 0.717) is 18.7 Å². The van der Waals surface area contributed by atoms with Gasteiger partial charge in [-0.15, -0.1) is 0 Å². The third kappa shape index (κ3) is 2.65. The van der Waals surface area contributed by atoms with Crippen molar-refractivity contribution in [3.8, 4) is 0 Å². The van der Waals surface area contributed by atoms with E-state index in [1.807, 2.05) is 36.4 Å². The number of carboxylic acid groups (broad SMARTS) is 1. The minimum atomic E-state index is -0.747. The molecule has 0 spiro atoms. The van der Waals surface area contributed by atoms with Crippen LogP contribution in [0.1, 0.15) is 24.8 Å². The normalized spacial score (nSPS) is 16.0. The standard InChI is InChI=1S/C16H15BrN2O2/c17-12-3-1-4-13(9-12)19-14-6-5-11(10-18-14)16(15(20)21)7-2-8-16/h1,3-6,9-10H,2,7-8H2,(H,18,19)(H,20,21). The van der Waals surface area contributed by atoms with Gasteiger partial charge in [-0.3, -0.25) is 4.79 Å². The molecule has 1 aliphatic carbocycles. The number of aliphatic carboxylic acids is 1. The van der Waals surface area contributed by atoms with Crippen molar-refractivity contribution < 1.29 is 9.90 Å². The van der Waals surface area contributed by atoms with Crippen molar-refractivity contribution >= 4 is 33.4 Å². The Labute approximate surface area is 131 Å². The predicted octanol–water partition coefficient (Wildman–Crippen LogP) is 4.09. The highest BCUT2D eigenvalue weighted by atomic mass is 79.9. The van der Waals surface area contributed by atoms with Crippen LogP contribution in [-0.2, 0) is 10.2 Å². The zero-order valence-corrected chi connectivity index (χ0v) is 12.9. The summed E-state index contributed by atoms with van der Waals surface area (Å²) in [6.45, 7) is 0. The van der Waals surface area contributed by atoms with Crippen molar-refractivity contribution in [1.82, 2.24) is 4.98 Å². The van der Waals surface area contributed by atoms with Crippen molar-refractivity contribution in [1.29, 1.82) is 0 Å². The molecule has 1 aromatic carbocycles. The largest absolute Gasteiger partial charge is 0.481 e. The third-order valence-corrected chi connectivity index (χ3v) is 4.52. The van der Waals surface area contributed by atoms with E-state index in [1.165, 1.54) is 0 Å². The quantitative estimate of drug-likeness (QED) is 0.874. The van der Waals surface area contributed by atoms with Gasteiger partial charge in [0.2, 0.25) is 0 Å². The zero-order chi connectivity index (χ0) is 14.9. The Kier molecular flexibility index (Phi) is 3.68. The lowest BCUT2D eigenvalue weighted by Crippen LogP contribution is -2.42. The molecule has 0 atom stereocenters. The molecule has 1 saturated carbocycles. The minimum absolute atomic E-state index is 0.697. The number of rotatable bonds is 4. The van der Waals surface area contributed by atoms with Crippen molar-refractivity contribution in [2.75, 3.05) is 5.32 Å². The highest BCUT2D eigenvalue weighted by Crippen LogP contribution is 2.43. The molecule has 108 valence electrons. The molecule has 0 saturated heterocycles. The van der Waals surface area contributed by atoms with Crippen LogP contribution in [0.25, 0.3) is 0 Å². The summed E-state index contributed by atoms with van der Waals surface area (Å²) in [6.07, 6.45) is 4.03. The van der Waals surface area contributed by atoms with E-state index in [2.05, 4.69) is 26.2 Å². The molecule has 1 heterocycles. The fourth-order valence-electron chi connectivity index (χ4n) is 2.62. The number of pyridine rings is 1. The molecule has 0 aliphatic heterocycles. The number of carbonyl (C=O) groups is 1. The number of hydrogen-bond acceptors (Lipinski definition) is 3. The van der Waals surface area contributed by atoms with Gasteiger partial charge in [0.05, 0.1) is 5.41 Å². The average Bonchev–Trinajstić information content (AvgIpc) is 2.39. The zero-order valence-electron chi connectivity index (χ0n) is 11.3. The molecule has 4 nitrogen and oxygen atoms in total. The molecular formula is C16H15BrN2O2. The molecule has 1 aliphatic rings. The summed E-state index contributed by atoms with van der Waals surface area (Å²) >= 11 is 3.42. The van der Waals surface area contributed by atoms with Gasteiger partial charge in [0.15, 0.2) is 0 Å². The van der Waals surface area contributed by atoms with Crippen molar-refractivity contribution in [2.24, 2.45) is 0 Å². The fourth-order valence-corrected chi connectivity index (χ4v) is 3.02. The first-order chi connectivity index (χ1) is 10.1. The summed E-state index contributed by atoms with van der Waals surface area (Å²) < 4.78 is 0.989. The van der Waals surface area contributed by atoms with Crippen LogP contribution in [0.2, 0.25) is 0 Å². The first-order valence-electron chi connectivity index (χ1n) is 6.83. The number of hydrogen-bond donors (Lipinski definition) is 2. The van der Waals surface area contributed by atoms with Crippen LogP contribution < -0.4 is 5.32 Å². The molecule has 1 fully saturated rings. The van der Waals surface area contributed by atoms with Crippen LogP contribution in [0.4, 0.5) is 11.5 Å². The molecule has 5 heteroatoms. The number of nitrogens with one attached hydrogen (secondary N) is 1. The van der Waals surface area contributed by atoms with Gasteiger partial charge in [-0.05, 0) is 42.7 Å². The number of halogens is 1. The van der Waals surface area contributed by atoms with Crippen LogP contribution in [0.5, 0.6) is 0 Å². The Balaban J connectivity index is 1.80. The summed E-state index contributed by atoms with van der Waals surface area (Å²) in [5.74, 6) is -0.0417. The molecular weight excluding hydrogens is 332 g/mol.